The molecule has 0 saturated heterocycles. The van der Waals surface area contributed by atoms with Gasteiger partial charge in [-0.15, -0.1) is 0 Å². The number of nitrogens with one attached hydrogen (secondary N) is 2. The van der Waals surface area contributed by atoms with Gasteiger partial charge in [0.15, 0.2) is 0 Å². The smallest absolute Gasteiger partial charge is 0.333 e. The molecule has 2 amide bonds. The van der Waals surface area contributed by atoms with Crippen molar-refractivity contribution in [1.82, 2.24) is 10.8 Å². The van der Waals surface area contributed by atoms with Gasteiger partial charge in [0.25, 0.3) is 0 Å². The Kier molecular flexibility index (Phi) is 4.59. The summed E-state index contributed by atoms with van der Waals surface area (Å²) < 4.78 is 0. The molecular weight excluding hydrogens is 228 g/mol. The summed E-state index contributed by atoms with van der Waals surface area (Å²) >= 11 is 0. The number of rotatable bonds is 4. The van der Waals surface area contributed by atoms with Gasteiger partial charge in [0.1, 0.15) is 0 Å². The molecule has 18 heavy (non-hydrogen) atoms. The second-order valence-corrected chi connectivity index (χ2v) is 4.77. The molecule has 0 spiro atoms. The van der Waals surface area contributed by atoms with Crippen LogP contribution in [0.1, 0.15) is 24.8 Å². The van der Waals surface area contributed by atoms with Crippen LogP contribution < -0.4 is 10.8 Å². The van der Waals surface area contributed by atoms with E-state index in [1.807, 2.05) is 6.07 Å². The lowest BCUT2D eigenvalue weighted by Gasteiger charge is -2.21. The standard InChI is InChI=1S/C14H20N2O2/c1-18-16-14(17)15-13-9-5-8-12(13)10-11-6-3-2-4-7-11/h2-4,6-7,12-13H,5,8-10H2,1H3,(H2,15,16,17)/t12-,13-/m1/s1. The molecule has 0 bridgehead atoms. The molecule has 1 fully saturated rings. The summed E-state index contributed by atoms with van der Waals surface area (Å²) in [6.07, 6.45) is 4.43. The fraction of sp³-hybridized carbons (Fsp3) is 0.500. The number of hydrogen-bond donors (Lipinski definition) is 2. The number of hydroxylamine groups is 1. The first-order chi connectivity index (χ1) is 8.79. The van der Waals surface area contributed by atoms with Gasteiger partial charge < -0.3 is 5.32 Å². The summed E-state index contributed by atoms with van der Waals surface area (Å²) in [6.45, 7) is 0. The van der Waals surface area contributed by atoms with Crippen molar-refractivity contribution >= 4 is 6.03 Å². The van der Waals surface area contributed by atoms with E-state index in [2.05, 4.69) is 39.9 Å². The third-order valence-corrected chi connectivity index (χ3v) is 3.51. The van der Waals surface area contributed by atoms with E-state index in [4.69, 9.17) is 0 Å². The lowest BCUT2D eigenvalue weighted by molar-refractivity contribution is 0.105. The first kappa shape index (κ1) is 12.9. The number of urea groups is 1. The van der Waals surface area contributed by atoms with Gasteiger partial charge >= 0.3 is 6.03 Å². The second-order valence-electron chi connectivity index (χ2n) is 4.77. The van der Waals surface area contributed by atoms with Crippen LogP contribution in [0.2, 0.25) is 0 Å². The summed E-state index contributed by atoms with van der Waals surface area (Å²) in [7, 11) is 1.44. The van der Waals surface area contributed by atoms with Gasteiger partial charge in [0.2, 0.25) is 0 Å². The van der Waals surface area contributed by atoms with Crippen molar-refractivity contribution in [3.63, 3.8) is 0 Å². The zero-order valence-electron chi connectivity index (χ0n) is 10.7. The molecule has 1 aliphatic carbocycles. The molecular formula is C14H20N2O2. The number of amides is 2. The van der Waals surface area contributed by atoms with E-state index in [9.17, 15) is 4.79 Å². The molecule has 4 nitrogen and oxygen atoms in total. The maximum Gasteiger partial charge on any atom is 0.338 e. The van der Waals surface area contributed by atoms with Gasteiger partial charge in [-0.2, -0.15) is 0 Å². The van der Waals surface area contributed by atoms with Crippen LogP contribution in [0.5, 0.6) is 0 Å². The van der Waals surface area contributed by atoms with Gasteiger partial charge in [-0.1, -0.05) is 36.8 Å². The molecule has 1 aromatic carbocycles. The van der Waals surface area contributed by atoms with Crippen LogP contribution in [0.4, 0.5) is 4.79 Å². The van der Waals surface area contributed by atoms with Crippen molar-refractivity contribution < 1.29 is 9.63 Å². The molecule has 0 aliphatic heterocycles. The largest absolute Gasteiger partial charge is 0.338 e. The summed E-state index contributed by atoms with van der Waals surface area (Å²) in [4.78, 5) is 16.1. The van der Waals surface area contributed by atoms with Gasteiger partial charge in [0, 0.05) is 6.04 Å². The maximum atomic E-state index is 11.4. The summed E-state index contributed by atoms with van der Waals surface area (Å²) in [5.74, 6) is 0.523. The van der Waals surface area contributed by atoms with Crippen molar-refractivity contribution in [2.75, 3.05) is 7.11 Å². The first-order valence-corrected chi connectivity index (χ1v) is 6.43. The molecule has 2 N–H and O–H groups in total. The predicted molar refractivity (Wildman–Crippen MR) is 70.0 cm³/mol. The topological polar surface area (TPSA) is 50.4 Å². The van der Waals surface area contributed by atoms with Crippen LogP contribution in [0.3, 0.4) is 0 Å². The second kappa shape index (κ2) is 6.40. The van der Waals surface area contributed by atoms with Crippen LogP contribution in [-0.4, -0.2) is 19.2 Å². The molecule has 98 valence electrons. The molecule has 1 aromatic rings. The van der Waals surface area contributed by atoms with E-state index in [-0.39, 0.29) is 12.1 Å². The number of carbonyl (C=O) groups excluding carboxylic acids is 1. The summed E-state index contributed by atoms with van der Waals surface area (Å²) in [5.41, 5.74) is 3.64. The molecule has 0 aromatic heterocycles. The van der Waals surface area contributed by atoms with Gasteiger partial charge in [-0.05, 0) is 30.7 Å². The molecule has 1 aliphatic rings. The average Bonchev–Trinajstić information content (AvgIpc) is 2.78. The van der Waals surface area contributed by atoms with Gasteiger partial charge in [-0.25, -0.2) is 10.3 Å². The zero-order valence-corrected chi connectivity index (χ0v) is 10.7. The highest BCUT2D eigenvalue weighted by atomic mass is 16.6. The van der Waals surface area contributed by atoms with E-state index in [1.165, 1.54) is 25.5 Å². The minimum Gasteiger partial charge on any atom is -0.333 e. The molecule has 0 heterocycles. The lowest BCUT2D eigenvalue weighted by atomic mass is 9.95. The Morgan fingerprint density at radius 2 is 2.11 bits per heavy atom. The van der Waals surface area contributed by atoms with Crippen LogP contribution >= 0.6 is 0 Å². The van der Waals surface area contributed by atoms with E-state index < -0.39 is 0 Å². The monoisotopic (exact) mass is 248 g/mol. The molecule has 1 saturated carbocycles. The van der Waals surface area contributed by atoms with Crippen molar-refractivity contribution in [3.05, 3.63) is 35.9 Å². The molecule has 2 atom stereocenters. The van der Waals surface area contributed by atoms with Crippen molar-refractivity contribution in [2.45, 2.75) is 31.7 Å². The highest BCUT2D eigenvalue weighted by Crippen LogP contribution is 2.28. The Morgan fingerprint density at radius 1 is 1.33 bits per heavy atom. The Hall–Kier alpha value is -1.55. The molecule has 0 unspecified atom stereocenters. The van der Waals surface area contributed by atoms with Gasteiger partial charge in [-0.3, -0.25) is 4.84 Å². The van der Waals surface area contributed by atoms with Crippen molar-refractivity contribution in [2.24, 2.45) is 5.92 Å². The first-order valence-electron chi connectivity index (χ1n) is 6.43. The highest BCUT2D eigenvalue weighted by molar-refractivity contribution is 5.73. The fourth-order valence-corrected chi connectivity index (χ4v) is 2.68. The SMILES string of the molecule is CONC(=O)N[C@@H]1CCC[C@@H]1Cc1ccccc1. The number of carbonyl (C=O) groups is 1. The number of benzene rings is 1. The normalized spacial score (nSPS) is 22.7. The Balaban J connectivity index is 1.89. The third kappa shape index (κ3) is 3.47. The highest BCUT2D eigenvalue weighted by Gasteiger charge is 2.28. The fourth-order valence-electron chi connectivity index (χ4n) is 2.68. The molecule has 2 rings (SSSR count). The lowest BCUT2D eigenvalue weighted by Crippen LogP contribution is -2.43. The minimum absolute atomic E-state index is 0.248. The maximum absolute atomic E-state index is 11.4. The zero-order chi connectivity index (χ0) is 12.8. The Morgan fingerprint density at radius 3 is 2.83 bits per heavy atom. The van der Waals surface area contributed by atoms with E-state index >= 15 is 0 Å². The van der Waals surface area contributed by atoms with Crippen molar-refractivity contribution in [1.29, 1.82) is 0 Å². The predicted octanol–water partition coefficient (Wildman–Crippen LogP) is 2.26. The van der Waals surface area contributed by atoms with E-state index in [0.29, 0.717) is 5.92 Å². The quantitative estimate of drug-likeness (QED) is 0.803. The number of hydrogen-bond acceptors (Lipinski definition) is 2. The Bertz CT molecular complexity index is 381. The van der Waals surface area contributed by atoms with Crippen LogP contribution in [-0.2, 0) is 11.3 Å². The minimum atomic E-state index is -0.248. The van der Waals surface area contributed by atoms with Crippen LogP contribution in [0.15, 0.2) is 30.3 Å². The van der Waals surface area contributed by atoms with Crippen LogP contribution in [0.25, 0.3) is 0 Å². The Labute approximate surface area is 108 Å². The van der Waals surface area contributed by atoms with E-state index in [0.717, 1.165) is 12.8 Å². The van der Waals surface area contributed by atoms with Crippen LogP contribution in [0, 0.1) is 5.92 Å². The molecule has 4 heteroatoms. The van der Waals surface area contributed by atoms with E-state index in [1.54, 1.807) is 0 Å². The van der Waals surface area contributed by atoms with Gasteiger partial charge in [0.05, 0.1) is 7.11 Å². The molecule has 0 radical (unpaired) electrons. The van der Waals surface area contributed by atoms with Crippen molar-refractivity contribution in [3.8, 4) is 0 Å². The summed E-state index contributed by atoms with van der Waals surface area (Å²) in [5, 5.41) is 2.98. The summed E-state index contributed by atoms with van der Waals surface area (Å²) in [6, 6.07) is 10.4. The average molecular weight is 248 g/mol. The third-order valence-electron chi connectivity index (χ3n) is 3.51.